The molecule has 34 heavy (non-hydrogen) atoms. The summed E-state index contributed by atoms with van der Waals surface area (Å²) in [7, 11) is 1.44. The Morgan fingerprint density at radius 1 is 1.09 bits per heavy atom. The second-order valence-corrected chi connectivity index (χ2v) is 6.80. The normalized spacial score (nSPS) is 12.5. The van der Waals surface area contributed by atoms with Crippen molar-refractivity contribution in [2.24, 2.45) is 9.98 Å². The Hall–Kier alpha value is -3.90. The molecule has 2 aromatic carbocycles. The summed E-state index contributed by atoms with van der Waals surface area (Å²) in [5.41, 5.74) is -0.427. The predicted molar refractivity (Wildman–Crippen MR) is 111 cm³/mol. The van der Waals surface area contributed by atoms with Crippen LogP contribution in [0.5, 0.6) is 5.75 Å². The van der Waals surface area contributed by atoms with Gasteiger partial charge in [-0.3, -0.25) is 9.67 Å². The summed E-state index contributed by atoms with van der Waals surface area (Å²) < 4.78 is 94.2. The van der Waals surface area contributed by atoms with Gasteiger partial charge in [-0.25, -0.2) is 9.38 Å². The molecule has 0 unspecified atom stereocenters. The first kappa shape index (κ1) is 24.7. The van der Waals surface area contributed by atoms with E-state index in [0.717, 1.165) is 24.3 Å². The largest absolute Gasteiger partial charge is 0.573 e. The van der Waals surface area contributed by atoms with Gasteiger partial charge < -0.3 is 10.1 Å². The molecule has 3 rings (SSSR count). The third-order valence-corrected chi connectivity index (χ3v) is 4.40. The molecule has 3 aromatic rings. The number of nitrogens with zero attached hydrogens (tertiary/aromatic N) is 4. The van der Waals surface area contributed by atoms with Crippen LogP contribution in [0.1, 0.15) is 16.7 Å². The average molecular weight is 487 g/mol. The number of rotatable bonds is 6. The van der Waals surface area contributed by atoms with Gasteiger partial charge >= 0.3 is 12.5 Å². The van der Waals surface area contributed by atoms with Crippen LogP contribution >= 0.6 is 0 Å². The molecule has 0 aliphatic carbocycles. The van der Waals surface area contributed by atoms with Gasteiger partial charge in [-0.15, -0.1) is 13.2 Å². The molecular formula is C21H16F7N5O. The minimum absolute atomic E-state index is 0.0714. The van der Waals surface area contributed by atoms with Crippen molar-refractivity contribution in [3.8, 4) is 5.75 Å². The number of benzene rings is 2. The number of hydrogen-bond donors (Lipinski definition) is 1. The Kier molecular flexibility index (Phi) is 6.93. The fourth-order valence-electron chi connectivity index (χ4n) is 2.97. The van der Waals surface area contributed by atoms with Gasteiger partial charge in [-0.1, -0.05) is 6.07 Å². The third kappa shape index (κ3) is 6.11. The second-order valence-electron chi connectivity index (χ2n) is 6.80. The number of hydrogen-bond acceptors (Lipinski definition) is 4. The Labute approximate surface area is 188 Å². The highest BCUT2D eigenvalue weighted by Crippen LogP contribution is 2.32. The fraction of sp³-hybridized carbons (Fsp3) is 0.190. The maximum atomic E-state index is 13.9. The number of amidine groups is 1. The molecule has 0 saturated carbocycles. The lowest BCUT2D eigenvalue weighted by molar-refractivity contribution is -0.274. The molecule has 1 N–H and O–H groups in total. The standard InChI is InChI=1S/C21H16F7N5O/c1-29-18(31-13-4-6-14(7-5-13)34-21(26,27)28)15-11-33(32-19(15)30-2)10-12-3-8-16(17(22)9-12)20(23,24)25/h3-9,11H,2,10H2,1H3,(H,29,31). The molecule has 0 bridgehead atoms. The van der Waals surface area contributed by atoms with E-state index in [1.807, 2.05) is 0 Å². The number of nitrogens with one attached hydrogen (secondary N) is 1. The first-order chi connectivity index (χ1) is 15.9. The Balaban J connectivity index is 1.80. The van der Waals surface area contributed by atoms with E-state index in [-0.39, 0.29) is 23.8 Å². The molecular weight excluding hydrogens is 471 g/mol. The third-order valence-electron chi connectivity index (χ3n) is 4.40. The van der Waals surface area contributed by atoms with Crippen LogP contribution in [0.15, 0.2) is 58.6 Å². The lowest BCUT2D eigenvalue weighted by Crippen LogP contribution is -2.17. The molecule has 6 nitrogen and oxygen atoms in total. The summed E-state index contributed by atoms with van der Waals surface area (Å²) >= 11 is 0. The molecule has 13 heteroatoms. The molecule has 180 valence electrons. The number of halogens is 7. The Morgan fingerprint density at radius 2 is 1.76 bits per heavy atom. The maximum absolute atomic E-state index is 13.9. The van der Waals surface area contributed by atoms with Crippen molar-refractivity contribution in [3.05, 3.63) is 71.2 Å². The minimum Gasteiger partial charge on any atom is -0.406 e. The monoisotopic (exact) mass is 487 g/mol. The maximum Gasteiger partial charge on any atom is 0.573 e. The highest BCUT2D eigenvalue weighted by atomic mass is 19.4. The zero-order chi connectivity index (χ0) is 25.1. The van der Waals surface area contributed by atoms with Crippen LogP contribution in [0.25, 0.3) is 0 Å². The molecule has 0 amide bonds. The van der Waals surface area contributed by atoms with E-state index >= 15 is 0 Å². The molecule has 0 fully saturated rings. The van der Waals surface area contributed by atoms with Crippen molar-refractivity contribution in [2.45, 2.75) is 19.1 Å². The molecule has 0 aliphatic heterocycles. The average Bonchev–Trinajstić information content (AvgIpc) is 3.13. The van der Waals surface area contributed by atoms with Crippen LogP contribution in [0, 0.1) is 5.82 Å². The number of ether oxygens (including phenoxy) is 1. The zero-order valence-electron chi connectivity index (χ0n) is 17.4. The van der Waals surface area contributed by atoms with Crippen molar-refractivity contribution in [3.63, 3.8) is 0 Å². The van der Waals surface area contributed by atoms with Crippen LogP contribution < -0.4 is 10.1 Å². The van der Waals surface area contributed by atoms with Gasteiger partial charge in [0.25, 0.3) is 0 Å². The Morgan fingerprint density at radius 3 is 2.29 bits per heavy atom. The number of alkyl halides is 6. The molecule has 1 heterocycles. The van der Waals surface area contributed by atoms with Crippen LogP contribution in [0.4, 0.5) is 42.2 Å². The van der Waals surface area contributed by atoms with Crippen molar-refractivity contribution in [1.82, 2.24) is 9.78 Å². The van der Waals surface area contributed by atoms with Crippen LogP contribution in [0.3, 0.4) is 0 Å². The summed E-state index contributed by atoms with van der Waals surface area (Å²) in [6, 6.07) is 7.44. The van der Waals surface area contributed by atoms with Gasteiger partial charge in [-0.05, 0) is 48.7 Å². The van der Waals surface area contributed by atoms with Crippen LogP contribution in [-0.4, -0.2) is 35.7 Å². The lowest BCUT2D eigenvalue weighted by atomic mass is 10.1. The van der Waals surface area contributed by atoms with E-state index in [1.54, 1.807) is 0 Å². The highest BCUT2D eigenvalue weighted by Gasteiger charge is 2.34. The summed E-state index contributed by atoms with van der Waals surface area (Å²) in [6.07, 6.45) is -8.16. The molecule has 0 aliphatic rings. The van der Waals surface area contributed by atoms with Crippen molar-refractivity contribution in [1.29, 1.82) is 0 Å². The fourth-order valence-corrected chi connectivity index (χ4v) is 2.97. The Bertz CT molecular complexity index is 1200. The lowest BCUT2D eigenvalue weighted by Gasteiger charge is -2.11. The smallest absolute Gasteiger partial charge is 0.406 e. The van der Waals surface area contributed by atoms with Gasteiger partial charge in [0, 0.05) is 18.9 Å². The van der Waals surface area contributed by atoms with E-state index in [4.69, 9.17) is 0 Å². The van der Waals surface area contributed by atoms with E-state index in [2.05, 4.69) is 31.9 Å². The van der Waals surface area contributed by atoms with E-state index < -0.39 is 29.7 Å². The summed E-state index contributed by atoms with van der Waals surface area (Å²) in [5.74, 6) is -1.46. The van der Waals surface area contributed by atoms with E-state index in [1.165, 1.54) is 30.1 Å². The van der Waals surface area contributed by atoms with Gasteiger partial charge in [-0.2, -0.15) is 18.3 Å². The molecule has 1 aromatic heterocycles. The topological polar surface area (TPSA) is 63.8 Å². The zero-order valence-corrected chi connectivity index (χ0v) is 17.4. The summed E-state index contributed by atoms with van der Waals surface area (Å²) in [5, 5.41) is 7.07. The summed E-state index contributed by atoms with van der Waals surface area (Å²) in [4.78, 5) is 7.88. The van der Waals surface area contributed by atoms with Crippen molar-refractivity contribution in [2.75, 3.05) is 12.4 Å². The van der Waals surface area contributed by atoms with Crippen LogP contribution in [0.2, 0.25) is 0 Å². The molecule has 0 spiro atoms. The SMILES string of the molecule is C=Nc1nn(Cc2ccc(C(F)(F)F)c(F)c2)cc1/C(=N\C)Nc1ccc(OC(F)(F)F)cc1. The van der Waals surface area contributed by atoms with Gasteiger partial charge in [0.15, 0.2) is 5.82 Å². The second kappa shape index (κ2) is 9.53. The van der Waals surface area contributed by atoms with Gasteiger partial charge in [0.1, 0.15) is 17.4 Å². The number of anilines is 1. The molecule has 0 atom stereocenters. The highest BCUT2D eigenvalue weighted by molar-refractivity contribution is 6.10. The van der Waals surface area contributed by atoms with Crippen LogP contribution in [-0.2, 0) is 12.7 Å². The molecule has 0 radical (unpaired) electrons. The molecule has 0 saturated heterocycles. The van der Waals surface area contributed by atoms with Crippen molar-refractivity contribution >= 4 is 24.1 Å². The van der Waals surface area contributed by atoms with E-state index in [0.29, 0.717) is 17.3 Å². The van der Waals surface area contributed by atoms with Crippen molar-refractivity contribution < 1.29 is 35.5 Å². The number of aliphatic imine (C=N–C) groups is 2. The predicted octanol–water partition coefficient (Wildman–Crippen LogP) is 5.81. The number of aromatic nitrogens is 2. The first-order valence-corrected chi connectivity index (χ1v) is 9.39. The van der Waals surface area contributed by atoms with Gasteiger partial charge in [0.2, 0.25) is 0 Å². The minimum atomic E-state index is -4.82. The van der Waals surface area contributed by atoms with Gasteiger partial charge in [0.05, 0.1) is 17.7 Å². The quantitative estimate of drug-likeness (QED) is 0.271. The van der Waals surface area contributed by atoms with E-state index in [9.17, 15) is 30.7 Å². The summed E-state index contributed by atoms with van der Waals surface area (Å²) in [6.45, 7) is 3.35. The first-order valence-electron chi connectivity index (χ1n) is 9.39.